The summed E-state index contributed by atoms with van der Waals surface area (Å²) in [4.78, 5) is 12.5. The molecule has 1 amide bonds. The van der Waals surface area contributed by atoms with Crippen molar-refractivity contribution in [2.45, 2.75) is 26.3 Å². The van der Waals surface area contributed by atoms with Crippen LogP contribution < -0.4 is 19.5 Å². The second-order valence-corrected chi connectivity index (χ2v) is 5.89. The zero-order chi connectivity index (χ0) is 18.4. The number of aryl methyl sites for hydroxylation is 1. The third kappa shape index (κ3) is 4.66. The third-order valence-electron chi connectivity index (χ3n) is 4.07. The molecule has 1 atom stereocenters. The van der Waals surface area contributed by atoms with Crippen molar-refractivity contribution >= 4 is 5.91 Å². The zero-order valence-electron chi connectivity index (χ0n) is 15.4. The molecule has 25 heavy (non-hydrogen) atoms. The van der Waals surface area contributed by atoms with Gasteiger partial charge in [-0.3, -0.25) is 4.79 Å². The minimum absolute atomic E-state index is 0.0822. The SMILES string of the molecule is COc1ccc(OC)c([C@@H](C)NC(=O)Cc2cc(C)ccc2OC)c1. The fourth-order valence-electron chi connectivity index (χ4n) is 2.77. The second kappa shape index (κ2) is 8.42. The van der Waals surface area contributed by atoms with Crippen LogP contribution in [0.4, 0.5) is 0 Å². The van der Waals surface area contributed by atoms with E-state index in [1.807, 2.05) is 50.2 Å². The Bertz CT molecular complexity index is 742. The maximum Gasteiger partial charge on any atom is 0.225 e. The predicted octanol–water partition coefficient (Wildman–Crippen LogP) is 3.44. The monoisotopic (exact) mass is 343 g/mol. The standard InChI is InChI=1S/C20H25NO4/c1-13-6-8-18(24-4)15(10-13)11-20(22)21-14(2)17-12-16(23-3)7-9-19(17)25-5/h6-10,12,14H,11H2,1-5H3,(H,21,22)/t14-/m1/s1. The number of ether oxygens (including phenoxy) is 3. The van der Waals surface area contributed by atoms with E-state index in [-0.39, 0.29) is 18.4 Å². The van der Waals surface area contributed by atoms with Gasteiger partial charge >= 0.3 is 0 Å². The summed E-state index contributed by atoms with van der Waals surface area (Å²) in [5.74, 6) is 2.06. The molecule has 0 aliphatic heterocycles. The number of hydrogen-bond donors (Lipinski definition) is 1. The summed E-state index contributed by atoms with van der Waals surface area (Å²) in [7, 11) is 4.83. The molecule has 0 unspecified atom stereocenters. The van der Waals surface area contributed by atoms with Crippen molar-refractivity contribution in [3.05, 3.63) is 53.1 Å². The lowest BCUT2D eigenvalue weighted by atomic mass is 10.0. The van der Waals surface area contributed by atoms with Gasteiger partial charge in [0.25, 0.3) is 0 Å². The number of amides is 1. The van der Waals surface area contributed by atoms with E-state index in [0.717, 1.165) is 22.4 Å². The highest BCUT2D eigenvalue weighted by atomic mass is 16.5. The first-order chi connectivity index (χ1) is 12.0. The maximum atomic E-state index is 12.5. The summed E-state index contributed by atoms with van der Waals surface area (Å²) < 4.78 is 16.0. The smallest absolute Gasteiger partial charge is 0.225 e. The number of carbonyl (C=O) groups is 1. The molecule has 0 saturated heterocycles. The van der Waals surface area contributed by atoms with E-state index in [1.54, 1.807) is 21.3 Å². The summed E-state index contributed by atoms with van der Waals surface area (Å²) in [6, 6.07) is 11.1. The van der Waals surface area contributed by atoms with Gasteiger partial charge < -0.3 is 19.5 Å². The molecule has 0 fully saturated rings. The molecule has 0 saturated carbocycles. The van der Waals surface area contributed by atoms with Crippen molar-refractivity contribution in [2.75, 3.05) is 21.3 Å². The molecule has 5 nitrogen and oxygen atoms in total. The number of methoxy groups -OCH3 is 3. The number of nitrogens with one attached hydrogen (secondary N) is 1. The van der Waals surface area contributed by atoms with Gasteiger partial charge in [-0.2, -0.15) is 0 Å². The van der Waals surface area contributed by atoms with Crippen LogP contribution in [0.3, 0.4) is 0 Å². The molecular weight excluding hydrogens is 318 g/mol. The maximum absolute atomic E-state index is 12.5. The lowest BCUT2D eigenvalue weighted by Crippen LogP contribution is -2.28. The van der Waals surface area contributed by atoms with Gasteiger partial charge in [0.2, 0.25) is 5.91 Å². The van der Waals surface area contributed by atoms with Crippen LogP contribution in [-0.4, -0.2) is 27.2 Å². The van der Waals surface area contributed by atoms with Gasteiger partial charge in [-0.25, -0.2) is 0 Å². The molecular formula is C20H25NO4. The third-order valence-corrected chi connectivity index (χ3v) is 4.07. The van der Waals surface area contributed by atoms with Gasteiger partial charge in [0, 0.05) is 11.1 Å². The van der Waals surface area contributed by atoms with E-state index in [2.05, 4.69) is 5.32 Å². The van der Waals surface area contributed by atoms with Gasteiger partial charge in [-0.1, -0.05) is 17.7 Å². The van der Waals surface area contributed by atoms with Crippen LogP contribution in [0.25, 0.3) is 0 Å². The quantitative estimate of drug-likeness (QED) is 0.837. The number of carbonyl (C=O) groups excluding carboxylic acids is 1. The largest absolute Gasteiger partial charge is 0.497 e. The zero-order valence-corrected chi connectivity index (χ0v) is 15.4. The molecule has 0 aliphatic rings. The summed E-state index contributed by atoms with van der Waals surface area (Å²) in [5.41, 5.74) is 2.82. The van der Waals surface area contributed by atoms with Crippen LogP contribution >= 0.6 is 0 Å². The van der Waals surface area contributed by atoms with Crippen molar-refractivity contribution in [3.63, 3.8) is 0 Å². The second-order valence-electron chi connectivity index (χ2n) is 5.89. The van der Waals surface area contributed by atoms with Crippen LogP contribution in [0.2, 0.25) is 0 Å². The lowest BCUT2D eigenvalue weighted by molar-refractivity contribution is -0.121. The van der Waals surface area contributed by atoms with Crippen LogP contribution in [0.15, 0.2) is 36.4 Å². The van der Waals surface area contributed by atoms with E-state index >= 15 is 0 Å². The van der Waals surface area contributed by atoms with Gasteiger partial charge in [0.05, 0.1) is 33.8 Å². The average molecular weight is 343 g/mol. The molecule has 0 aromatic heterocycles. The molecule has 0 radical (unpaired) electrons. The highest BCUT2D eigenvalue weighted by Gasteiger charge is 2.16. The van der Waals surface area contributed by atoms with Crippen LogP contribution in [0.1, 0.15) is 29.7 Å². The van der Waals surface area contributed by atoms with Crippen molar-refractivity contribution < 1.29 is 19.0 Å². The van der Waals surface area contributed by atoms with Gasteiger partial charge in [-0.05, 0) is 38.1 Å². The van der Waals surface area contributed by atoms with E-state index in [4.69, 9.17) is 14.2 Å². The minimum atomic E-state index is -0.214. The van der Waals surface area contributed by atoms with Crippen LogP contribution in [0, 0.1) is 6.92 Å². The van der Waals surface area contributed by atoms with E-state index in [9.17, 15) is 4.79 Å². The number of benzene rings is 2. The van der Waals surface area contributed by atoms with Crippen molar-refractivity contribution in [2.24, 2.45) is 0 Å². The molecule has 2 rings (SSSR count). The highest BCUT2D eigenvalue weighted by molar-refractivity contribution is 5.80. The Labute approximate surface area is 148 Å². The Morgan fingerprint density at radius 2 is 1.68 bits per heavy atom. The molecule has 134 valence electrons. The Morgan fingerprint density at radius 3 is 2.32 bits per heavy atom. The average Bonchev–Trinajstić information content (AvgIpc) is 2.61. The van der Waals surface area contributed by atoms with Crippen LogP contribution in [-0.2, 0) is 11.2 Å². The Kier molecular flexibility index (Phi) is 6.28. The number of hydrogen-bond acceptors (Lipinski definition) is 4. The first-order valence-corrected chi connectivity index (χ1v) is 8.13. The Balaban J connectivity index is 2.14. The summed E-state index contributed by atoms with van der Waals surface area (Å²) in [5, 5.41) is 3.01. The van der Waals surface area contributed by atoms with Crippen LogP contribution in [0.5, 0.6) is 17.2 Å². The summed E-state index contributed by atoms with van der Waals surface area (Å²) >= 11 is 0. The topological polar surface area (TPSA) is 56.8 Å². The van der Waals surface area contributed by atoms with Crippen molar-refractivity contribution in [1.82, 2.24) is 5.32 Å². The predicted molar refractivity (Wildman–Crippen MR) is 97.5 cm³/mol. The summed E-state index contributed by atoms with van der Waals surface area (Å²) in [6.07, 6.45) is 0.251. The van der Waals surface area contributed by atoms with Crippen molar-refractivity contribution in [3.8, 4) is 17.2 Å². The molecule has 0 spiro atoms. The molecule has 0 aliphatic carbocycles. The van der Waals surface area contributed by atoms with E-state index in [0.29, 0.717) is 11.5 Å². The normalized spacial score (nSPS) is 11.6. The molecule has 2 aromatic rings. The fraction of sp³-hybridized carbons (Fsp3) is 0.350. The van der Waals surface area contributed by atoms with Crippen molar-refractivity contribution in [1.29, 1.82) is 0 Å². The molecule has 1 N–H and O–H groups in total. The van der Waals surface area contributed by atoms with E-state index < -0.39 is 0 Å². The lowest BCUT2D eigenvalue weighted by Gasteiger charge is -2.19. The molecule has 2 aromatic carbocycles. The number of rotatable bonds is 7. The van der Waals surface area contributed by atoms with Gasteiger partial charge in [0.1, 0.15) is 17.2 Å². The molecule has 5 heteroatoms. The van der Waals surface area contributed by atoms with Gasteiger partial charge in [0.15, 0.2) is 0 Å². The summed E-state index contributed by atoms with van der Waals surface area (Å²) in [6.45, 7) is 3.91. The molecule has 0 bridgehead atoms. The van der Waals surface area contributed by atoms with E-state index in [1.165, 1.54) is 0 Å². The first-order valence-electron chi connectivity index (χ1n) is 8.13. The fourth-order valence-corrected chi connectivity index (χ4v) is 2.77. The Hall–Kier alpha value is -2.69. The highest BCUT2D eigenvalue weighted by Crippen LogP contribution is 2.29. The first kappa shape index (κ1) is 18.6. The molecule has 0 heterocycles. The minimum Gasteiger partial charge on any atom is -0.497 e. The Morgan fingerprint density at radius 1 is 1.00 bits per heavy atom. The van der Waals surface area contributed by atoms with Gasteiger partial charge in [-0.15, -0.1) is 0 Å².